The zero-order valence-corrected chi connectivity index (χ0v) is 17.9. The smallest absolute Gasteiger partial charge is 0.271 e. The van der Waals surface area contributed by atoms with Crippen LogP contribution in [0.2, 0.25) is 0 Å². The van der Waals surface area contributed by atoms with E-state index in [1.54, 1.807) is 43.3 Å². The van der Waals surface area contributed by atoms with Crippen molar-refractivity contribution in [2.24, 2.45) is 5.10 Å². The first-order valence-electron chi connectivity index (χ1n) is 9.44. The minimum Gasteiger partial charge on any atom is -0.491 e. The molecule has 0 aliphatic heterocycles. The van der Waals surface area contributed by atoms with Crippen molar-refractivity contribution >= 4 is 21.6 Å². The van der Waals surface area contributed by atoms with Crippen LogP contribution in [0, 0.1) is 0 Å². The number of nitrogens with zero attached hydrogens (tertiary/aromatic N) is 1. The van der Waals surface area contributed by atoms with E-state index in [1.807, 2.05) is 20.8 Å². The first kappa shape index (κ1) is 22.6. The molecule has 0 atom stereocenters. The van der Waals surface area contributed by atoms with Gasteiger partial charge in [0.15, 0.2) is 0 Å². The summed E-state index contributed by atoms with van der Waals surface area (Å²) in [5, 5.41) is 4.10. The van der Waals surface area contributed by atoms with Gasteiger partial charge in [-0.3, -0.25) is 4.79 Å². The SMILES string of the molecule is CCCNS(=O)(=O)c1ccc(/C(C)=N\NC(=O)c2ccc(OC(C)C)cc2)cc1. The molecule has 0 aliphatic rings. The van der Waals surface area contributed by atoms with E-state index in [9.17, 15) is 13.2 Å². The number of ether oxygens (including phenoxy) is 1. The quantitative estimate of drug-likeness (QED) is 0.483. The number of amides is 1. The zero-order chi connectivity index (χ0) is 21.4. The molecule has 0 saturated carbocycles. The van der Waals surface area contributed by atoms with Crippen LogP contribution in [0.3, 0.4) is 0 Å². The number of benzene rings is 2. The van der Waals surface area contributed by atoms with Crippen molar-refractivity contribution in [3.8, 4) is 5.75 Å². The third-order valence-corrected chi connectivity index (χ3v) is 5.41. The van der Waals surface area contributed by atoms with Crippen molar-refractivity contribution in [1.82, 2.24) is 10.1 Å². The van der Waals surface area contributed by atoms with Gasteiger partial charge in [-0.15, -0.1) is 0 Å². The molecule has 0 aliphatic carbocycles. The third-order valence-electron chi connectivity index (χ3n) is 3.94. The van der Waals surface area contributed by atoms with Gasteiger partial charge in [0.25, 0.3) is 5.91 Å². The van der Waals surface area contributed by atoms with Gasteiger partial charge in [0.2, 0.25) is 10.0 Å². The Morgan fingerprint density at radius 2 is 1.62 bits per heavy atom. The predicted octanol–water partition coefficient (Wildman–Crippen LogP) is 3.32. The Balaban J connectivity index is 2.02. The molecular weight excluding hydrogens is 390 g/mol. The topological polar surface area (TPSA) is 96.9 Å². The van der Waals surface area contributed by atoms with E-state index in [0.717, 1.165) is 6.42 Å². The van der Waals surface area contributed by atoms with E-state index < -0.39 is 10.0 Å². The molecule has 2 rings (SSSR count). The largest absolute Gasteiger partial charge is 0.491 e. The highest BCUT2D eigenvalue weighted by Crippen LogP contribution is 2.14. The number of hydrogen-bond acceptors (Lipinski definition) is 5. The summed E-state index contributed by atoms with van der Waals surface area (Å²) in [5.41, 5.74) is 4.23. The molecule has 1 amide bonds. The molecule has 0 aromatic heterocycles. The summed E-state index contributed by atoms with van der Waals surface area (Å²) in [7, 11) is -3.51. The summed E-state index contributed by atoms with van der Waals surface area (Å²) in [5.74, 6) is 0.350. The molecule has 0 fully saturated rings. The van der Waals surface area contributed by atoms with Crippen molar-refractivity contribution in [3.63, 3.8) is 0 Å². The molecule has 29 heavy (non-hydrogen) atoms. The Morgan fingerprint density at radius 3 is 2.17 bits per heavy atom. The average molecular weight is 418 g/mol. The fourth-order valence-electron chi connectivity index (χ4n) is 2.42. The third kappa shape index (κ3) is 6.69. The van der Waals surface area contributed by atoms with Crippen LogP contribution in [0.15, 0.2) is 58.5 Å². The molecule has 2 N–H and O–H groups in total. The van der Waals surface area contributed by atoms with Crippen molar-refractivity contribution in [1.29, 1.82) is 0 Å². The molecule has 0 unspecified atom stereocenters. The fourth-order valence-corrected chi connectivity index (χ4v) is 3.55. The van der Waals surface area contributed by atoms with Crippen LogP contribution in [0.4, 0.5) is 0 Å². The molecule has 7 nitrogen and oxygen atoms in total. The second-order valence-electron chi connectivity index (χ2n) is 6.75. The highest BCUT2D eigenvalue weighted by Gasteiger charge is 2.13. The predicted molar refractivity (Wildman–Crippen MR) is 114 cm³/mol. The molecule has 156 valence electrons. The van der Waals surface area contributed by atoms with E-state index in [2.05, 4.69) is 15.2 Å². The first-order chi connectivity index (χ1) is 13.7. The molecule has 0 radical (unpaired) electrons. The van der Waals surface area contributed by atoms with E-state index in [0.29, 0.717) is 29.1 Å². The number of carbonyl (C=O) groups is 1. The highest BCUT2D eigenvalue weighted by atomic mass is 32.2. The second kappa shape index (κ2) is 10.2. The highest BCUT2D eigenvalue weighted by molar-refractivity contribution is 7.89. The number of nitrogens with one attached hydrogen (secondary N) is 2. The molecule has 8 heteroatoms. The van der Waals surface area contributed by atoms with Crippen LogP contribution in [0.5, 0.6) is 5.75 Å². The molecule has 2 aromatic rings. The van der Waals surface area contributed by atoms with Crippen LogP contribution in [-0.4, -0.2) is 32.7 Å². The number of rotatable bonds is 9. The van der Waals surface area contributed by atoms with Gasteiger partial charge in [-0.1, -0.05) is 19.1 Å². The number of carbonyl (C=O) groups excluding carboxylic acids is 1. The van der Waals surface area contributed by atoms with Gasteiger partial charge >= 0.3 is 0 Å². The van der Waals surface area contributed by atoms with E-state index in [1.165, 1.54) is 12.1 Å². The molecular formula is C21H27N3O4S. The standard InChI is InChI=1S/C21H27N3O4S/c1-5-14-22-29(26,27)20-12-8-17(9-13-20)16(4)23-24-21(25)18-6-10-19(11-7-18)28-15(2)3/h6-13,15,22H,5,14H2,1-4H3,(H,24,25)/b23-16-. The van der Waals surface area contributed by atoms with Gasteiger partial charge in [0.05, 0.1) is 16.7 Å². The van der Waals surface area contributed by atoms with E-state index >= 15 is 0 Å². The van der Waals surface area contributed by atoms with Gasteiger partial charge in [0, 0.05) is 12.1 Å². The van der Waals surface area contributed by atoms with E-state index in [-0.39, 0.29) is 16.9 Å². The molecule has 2 aromatic carbocycles. The maximum absolute atomic E-state index is 12.3. The Morgan fingerprint density at radius 1 is 1.03 bits per heavy atom. The molecule has 0 saturated heterocycles. The molecule has 0 heterocycles. The van der Waals surface area contributed by atoms with Gasteiger partial charge in [0.1, 0.15) is 5.75 Å². The summed E-state index contributed by atoms with van der Waals surface area (Å²) in [4.78, 5) is 12.4. The van der Waals surface area contributed by atoms with Gasteiger partial charge in [-0.05, 0) is 69.2 Å². The second-order valence-corrected chi connectivity index (χ2v) is 8.52. The Labute approximate surface area is 172 Å². The zero-order valence-electron chi connectivity index (χ0n) is 17.1. The number of hydrogen-bond donors (Lipinski definition) is 2. The van der Waals surface area contributed by atoms with E-state index in [4.69, 9.17) is 4.74 Å². The summed E-state index contributed by atoms with van der Waals surface area (Å²) >= 11 is 0. The summed E-state index contributed by atoms with van der Waals surface area (Å²) in [6.45, 7) is 7.89. The maximum atomic E-state index is 12.3. The van der Waals surface area contributed by atoms with Crippen LogP contribution in [0.25, 0.3) is 0 Å². The lowest BCUT2D eigenvalue weighted by Gasteiger charge is -2.10. The maximum Gasteiger partial charge on any atom is 0.271 e. The Kier molecular flexibility index (Phi) is 7.92. The average Bonchev–Trinajstić information content (AvgIpc) is 2.70. The van der Waals surface area contributed by atoms with Gasteiger partial charge < -0.3 is 4.74 Å². The summed E-state index contributed by atoms with van der Waals surface area (Å²) < 4.78 is 32.3. The summed E-state index contributed by atoms with van der Waals surface area (Å²) in [6, 6.07) is 13.1. The number of hydrazone groups is 1. The lowest BCUT2D eigenvalue weighted by atomic mass is 10.1. The fraction of sp³-hybridized carbons (Fsp3) is 0.333. The van der Waals surface area contributed by atoms with Crippen LogP contribution in [0.1, 0.15) is 50.0 Å². The lowest BCUT2D eigenvalue weighted by Crippen LogP contribution is -2.24. The normalized spacial score (nSPS) is 12.1. The van der Waals surface area contributed by atoms with Crippen molar-refractivity contribution < 1.29 is 17.9 Å². The van der Waals surface area contributed by atoms with Gasteiger partial charge in [-0.25, -0.2) is 18.6 Å². The van der Waals surface area contributed by atoms with Crippen molar-refractivity contribution in [2.75, 3.05) is 6.54 Å². The number of sulfonamides is 1. The Bertz CT molecular complexity index is 950. The van der Waals surface area contributed by atoms with Crippen LogP contribution in [-0.2, 0) is 10.0 Å². The summed E-state index contributed by atoms with van der Waals surface area (Å²) in [6.07, 6.45) is 0.779. The lowest BCUT2D eigenvalue weighted by molar-refractivity contribution is 0.0955. The molecule has 0 bridgehead atoms. The molecule has 0 spiro atoms. The van der Waals surface area contributed by atoms with Crippen molar-refractivity contribution in [2.45, 2.75) is 45.1 Å². The minimum absolute atomic E-state index is 0.0609. The first-order valence-corrected chi connectivity index (χ1v) is 10.9. The van der Waals surface area contributed by atoms with Crippen LogP contribution >= 0.6 is 0 Å². The Hall–Kier alpha value is -2.71. The van der Waals surface area contributed by atoms with Crippen molar-refractivity contribution in [3.05, 3.63) is 59.7 Å². The monoisotopic (exact) mass is 417 g/mol. The van der Waals surface area contributed by atoms with Gasteiger partial charge in [-0.2, -0.15) is 5.10 Å². The van der Waals surface area contributed by atoms with Crippen LogP contribution < -0.4 is 14.9 Å². The minimum atomic E-state index is -3.51.